The van der Waals surface area contributed by atoms with E-state index in [1.165, 1.54) is 16.8 Å². The number of hydrogen-bond donors (Lipinski definition) is 1. The van der Waals surface area contributed by atoms with Gasteiger partial charge in [-0.15, -0.1) is 0 Å². The molecule has 0 aliphatic carbocycles. The van der Waals surface area contributed by atoms with Crippen LogP contribution in [0, 0.1) is 5.92 Å². The summed E-state index contributed by atoms with van der Waals surface area (Å²) >= 11 is 0. The summed E-state index contributed by atoms with van der Waals surface area (Å²) in [4.78, 5) is 11.4. The topological polar surface area (TPSA) is 70.1 Å². The summed E-state index contributed by atoms with van der Waals surface area (Å²) < 4.78 is 6.64. The molecule has 1 aromatic heterocycles. The lowest BCUT2D eigenvalue weighted by molar-refractivity contribution is 0.181. The molecule has 1 unspecified atom stereocenters. The Hall–Kier alpha value is -1.36. The molecule has 5 nitrogen and oxygen atoms in total. The molecule has 0 bridgehead atoms. The molecule has 2 rings (SSSR count). The molecule has 0 aromatic carbocycles. The van der Waals surface area contributed by atoms with E-state index in [4.69, 9.17) is 10.5 Å². The van der Waals surface area contributed by atoms with Crippen LogP contribution in [0.15, 0.2) is 16.9 Å². The van der Waals surface area contributed by atoms with Gasteiger partial charge in [-0.25, -0.2) is 4.68 Å². The quantitative estimate of drug-likeness (QED) is 0.713. The fourth-order valence-corrected chi connectivity index (χ4v) is 1.57. The average molecular weight is 195 g/mol. The van der Waals surface area contributed by atoms with E-state index in [2.05, 4.69) is 5.10 Å². The van der Waals surface area contributed by atoms with Crippen LogP contribution in [0.2, 0.25) is 0 Å². The van der Waals surface area contributed by atoms with Crippen LogP contribution in [0.5, 0.6) is 0 Å². The second-order valence-electron chi connectivity index (χ2n) is 3.51. The van der Waals surface area contributed by atoms with Crippen LogP contribution in [0.1, 0.15) is 6.42 Å². The van der Waals surface area contributed by atoms with Crippen LogP contribution >= 0.6 is 0 Å². The molecular weight excluding hydrogens is 182 g/mol. The lowest BCUT2D eigenvalue weighted by atomic mass is 10.1. The van der Waals surface area contributed by atoms with Gasteiger partial charge in [0.25, 0.3) is 5.56 Å². The van der Waals surface area contributed by atoms with Gasteiger partial charge in [-0.3, -0.25) is 4.79 Å². The van der Waals surface area contributed by atoms with Gasteiger partial charge >= 0.3 is 0 Å². The Labute approximate surface area is 81.5 Å². The van der Waals surface area contributed by atoms with Crippen LogP contribution in [-0.2, 0) is 11.3 Å². The molecule has 14 heavy (non-hydrogen) atoms. The van der Waals surface area contributed by atoms with E-state index in [1.54, 1.807) is 0 Å². The van der Waals surface area contributed by atoms with Crippen molar-refractivity contribution in [1.29, 1.82) is 0 Å². The molecule has 1 aromatic rings. The number of rotatable bonds is 2. The lowest BCUT2D eigenvalue weighted by Crippen LogP contribution is -2.26. The number of nitrogen functional groups attached to an aromatic ring is 1. The van der Waals surface area contributed by atoms with Gasteiger partial charge in [0.15, 0.2) is 0 Å². The minimum Gasteiger partial charge on any atom is -0.382 e. The van der Waals surface area contributed by atoms with Gasteiger partial charge in [0.05, 0.1) is 13.2 Å². The monoisotopic (exact) mass is 195 g/mol. The molecule has 0 radical (unpaired) electrons. The van der Waals surface area contributed by atoms with Crippen molar-refractivity contribution in [2.24, 2.45) is 5.92 Å². The first-order chi connectivity index (χ1) is 6.75. The summed E-state index contributed by atoms with van der Waals surface area (Å²) in [5, 5.41) is 3.96. The van der Waals surface area contributed by atoms with Gasteiger partial charge < -0.3 is 10.5 Å². The highest BCUT2D eigenvalue weighted by Crippen LogP contribution is 2.13. The second-order valence-corrected chi connectivity index (χ2v) is 3.51. The third-order valence-electron chi connectivity index (χ3n) is 2.34. The van der Waals surface area contributed by atoms with E-state index in [1.807, 2.05) is 0 Å². The Morgan fingerprint density at radius 1 is 1.64 bits per heavy atom. The van der Waals surface area contributed by atoms with E-state index < -0.39 is 0 Å². The van der Waals surface area contributed by atoms with Crippen molar-refractivity contribution in [1.82, 2.24) is 9.78 Å². The molecule has 0 spiro atoms. The van der Waals surface area contributed by atoms with E-state index in [9.17, 15) is 4.79 Å². The summed E-state index contributed by atoms with van der Waals surface area (Å²) in [7, 11) is 0. The Morgan fingerprint density at radius 2 is 2.50 bits per heavy atom. The standard InChI is InChI=1S/C9H13N3O2/c10-8-1-2-9(13)12(11-8)5-7-3-4-14-6-7/h1-2,7H,3-6H2,(H2,10,11). The van der Waals surface area contributed by atoms with Crippen LogP contribution in [-0.4, -0.2) is 23.0 Å². The van der Waals surface area contributed by atoms with Crippen molar-refractivity contribution in [2.45, 2.75) is 13.0 Å². The second kappa shape index (κ2) is 3.79. The predicted molar refractivity (Wildman–Crippen MR) is 51.8 cm³/mol. The summed E-state index contributed by atoms with van der Waals surface area (Å²) in [5.41, 5.74) is 5.39. The number of nitrogens with two attached hydrogens (primary N) is 1. The third-order valence-corrected chi connectivity index (χ3v) is 2.34. The van der Waals surface area contributed by atoms with Crippen LogP contribution in [0.4, 0.5) is 5.82 Å². The smallest absolute Gasteiger partial charge is 0.266 e. The van der Waals surface area contributed by atoms with Gasteiger partial charge in [-0.2, -0.15) is 5.10 Å². The number of aromatic nitrogens is 2. The van der Waals surface area contributed by atoms with E-state index in [0.717, 1.165) is 13.0 Å². The maximum atomic E-state index is 11.4. The largest absolute Gasteiger partial charge is 0.382 e. The minimum absolute atomic E-state index is 0.105. The third kappa shape index (κ3) is 1.93. The molecule has 1 aliphatic heterocycles. The van der Waals surface area contributed by atoms with Gasteiger partial charge in [0.2, 0.25) is 0 Å². The Morgan fingerprint density at radius 3 is 3.21 bits per heavy atom. The van der Waals surface area contributed by atoms with E-state index >= 15 is 0 Å². The van der Waals surface area contributed by atoms with Crippen molar-refractivity contribution < 1.29 is 4.74 Å². The molecule has 76 valence electrons. The zero-order valence-electron chi connectivity index (χ0n) is 7.85. The van der Waals surface area contributed by atoms with Gasteiger partial charge in [-0.05, 0) is 12.5 Å². The molecule has 2 N–H and O–H groups in total. The molecule has 0 saturated carbocycles. The SMILES string of the molecule is Nc1ccc(=O)n(CC2CCOC2)n1. The van der Waals surface area contributed by atoms with Crippen molar-refractivity contribution in [3.05, 3.63) is 22.5 Å². The van der Waals surface area contributed by atoms with Crippen molar-refractivity contribution in [2.75, 3.05) is 18.9 Å². The average Bonchev–Trinajstić information content (AvgIpc) is 2.64. The van der Waals surface area contributed by atoms with Crippen LogP contribution in [0.3, 0.4) is 0 Å². The van der Waals surface area contributed by atoms with Crippen LogP contribution < -0.4 is 11.3 Å². The molecule has 5 heteroatoms. The molecule has 1 saturated heterocycles. The minimum atomic E-state index is -0.105. The zero-order valence-corrected chi connectivity index (χ0v) is 7.85. The van der Waals surface area contributed by atoms with Gasteiger partial charge in [-0.1, -0.05) is 0 Å². The highest BCUT2D eigenvalue weighted by atomic mass is 16.5. The number of nitrogens with zero attached hydrogens (tertiary/aromatic N) is 2. The predicted octanol–water partition coefficient (Wildman–Crippen LogP) is -0.138. The van der Waals surface area contributed by atoms with Gasteiger partial charge in [0.1, 0.15) is 5.82 Å². The van der Waals surface area contributed by atoms with Crippen molar-refractivity contribution in [3.8, 4) is 0 Å². The summed E-state index contributed by atoms with van der Waals surface area (Å²) in [6.45, 7) is 2.09. The van der Waals surface area contributed by atoms with Crippen molar-refractivity contribution >= 4 is 5.82 Å². The molecule has 1 fully saturated rings. The lowest BCUT2D eigenvalue weighted by Gasteiger charge is -2.08. The first kappa shape index (κ1) is 9.21. The Kier molecular flexibility index (Phi) is 2.49. The first-order valence-electron chi connectivity index (χ1n) is 4.67. The fourth-order valence-electron chi connectivity index (χ4n) is 1.57. The highest BCUT2D eigenvalue weighted by molar-refractivity contribution is 5.23. The number of ether oxygens (including phenoxy) is 1. The Balaban J connectivity index is 2.15. The maximum Gasteiger partial charge on any atom is 0.266 e. The highest BCUT2D eigenvalue weighted by Gasteiger charge is 2.16. The fraction of sp³-hybridized carbons (Fsp3) is 0.556. The zero-order chi connectivity index (χ0) is 9.97. The van der Waals surface area contributed by atoms with Crippen molar-refractivity contribution in [3.63, 3.8) is 0 Å². The van der Waals surface area contributed by atoms with E-state index in [0.29, 0.717) is 24.9 Å². The molecule has 2 heterocycles. The molecule has 1 atom stereocenters. The van der Waals surface area contributed by atoms with E-state index in [-0.39, 0.29) is 5.56 Å². The molecular formula is C9H13N3O2. The summed E-state index contributed by atoms with van der Waals surface area (Å²) in [6, 6.07) is 2.96. The maximum absolute atomic E-state index is 11.4. The van der Waals surface area contributed by atoms with Gasteiger partial charge in [0, 0.05) is 18.6 Å². The van der Waals surface area contributed by atoms with Crippen LogP contribution in [0.25, 0.3) is 0 Å². The molecule has 0 amide bonds. The number of anilines is 1. The summed E-state index contributed by atoms with van der Waals surface area (Å²) in [6.07, 6.45) is 0.989. The Bertz CT molecular complexity index is 369. The normalized spacial score (nSPS) is 21.3. The summed E-state index contributed by atoms with van der Waals surface area (Å²) in [5.74, 6) is 0.769. The number of hydrogen-bond acceptors (Lipinski definition) is 4. The first-order valence-corrected chi connectivity index (χ1v) is 4.67. The molecule has 1 aliphatic rings.